The van der Waals surface area contributed by atoms with Crippen molar-refractivity contribution in [1.82, 2.24) is 25.7 Å². The van der Waals surface area contributed by atoms with Gasteiger partial charge in [-0.3, -0.25) is 0 Å². The molecular weight excluding hydrogens is 284 g/mol. The number of amides is 2. The highest BCUT2D eigenvalue weighted by Crippen LogP contribution is 2.11. The van der Waals surface area contributed by atoms with Crippen LogP contribution in [0.1, 0.15) is 32.6 Å². The summed E-state index contributed by atoms with van der Waals surface area (Å²) in [5.74, 6) is 0.915. The smallest absolute Gasteiger partial charge is 0.317 e. The van der Waals surface area contributed by atoms with Gasteiger partial charge in [0, 0.05) is 39.3 Å². The molecule has 2 N–H and O–H groups in total. The molecule has 1 saturated heterocycles. The highest BCUT2D eigenvalue weighted by Gasteiger charge is 2.23. The van der Waals surface area contributed by atoms with Gasteiger partial charge in [-0.25, -0.2) is 4.79 Å². The third kappa shape index (κ3) is 4.59. The molecule has 1 fully saturated rings. The Bertz CT molecular complexity index is 479. The Kier molecular flexibility index (Phi) is 5.59. The predicted molar refractivity (Wildman–Crippen MR) is 83.7 cm³/mol. The lowest BCUT2D eigenvalue weighted by Gasteiger charge is -2.33. The zero-order valence-corrected chi connectivity index (χ0v) is 13.8. The molecule has 2 rings (SSSR count). The minimum absolute atomic E-state index is 0.0763. The monoisotopic (exact) mass is 310 g/mol. The second kappa shape index (κ2) is 7.44. The van der Waals surface area contributed by atoms with Gasteiger partial charge in [-0.05, 0) is 18.0 Å². The number of carbonyl (C=O) groups excluding carboxylic acids is 1. The molecule has 0 spiro atoms. The molecule has 1 aromatic rings. The van der Waals surface area contributed by atoms with E-state index in [9.17, 15) is 4.79 Å². The van der Waals surface area contributed by atoms with Crippen LogP contribution in [-0.2, 0) is 6.54 Å². The maximum atomic E-state index is 12.1. The largest absolute Gasteiger partial charge is 0.344 e. The summed E-state index contributed by atoms with van der Waals surface area (Å²) in [5, 5.41) is 10.2. The SMILES string of the molecule is CC(C)NC1CCN(C(=O)NCc2nc(N(C)C)no2)CC1. The minimum Gasteiger partial charge on any atom is -0.344 e. The van der Waals surface area contributed by atoms with Gasteiger partial charge in [0.05, 0.1) is 6.54 Å². The molecule has 2 heterocycles. The molecular formula is C14H26N6O2. The zero-order chi connectivity index (χ0) is 16.1. The number of nitrogens with zero attached hydrogens (tertiary/aromatic N) is 4. The summed E-state index contributed by atoms with van der Waals surface area (Å²) in [6.45, 7) is 6.08. The number of nitrogens with one attached hydrogen (secondary N) is 2. The number of hydrogen-bond donors (Lipinski definition) is 2. The van der Waals surface area contributed by atoms with Crippen LogP contribution in [0.15, 0.2) is 4.52 Å². The summed E-state index contributed by atoms with van der Waals surface area (Å²) < 4.78 is 5.08. The summed E-state index contributed by atoms with van der Waals surface area (Å²) in [5.41, 5.74) is 0. The van der Waals surface area contributed by atoms with E-state index in [0.717, 1.165) is 25.9 Å². The topological polar surface area (TPSA) is 86.5 Å². The summed E-state index contributed by atoms with van der Waals surface area (Å²) >= 11 is 0. The first-order valence-corrected chi connectivity index (χ1v) is 7.74. The van der Waals surface area contributed by atoms with Crippen molar-refractivity contribution < 1.29 is 9.32 Å². The van der Waals surface area contributed by atoms with E-state index in [1.54, 1.807) is 4.90 Å². The lowest BCUT2D eigenvalue weighted by molar-refractivity contribution is 0.173. The maximum Gasteiger partial charge on any atom is 0.317 e. The molecule has 124 valence electrons. The molecule has 8 heteroatoms. The van der Waals surface area contributed by atoms with Gasteiger partial charge in [0.2, 0.25) is 5.89 Å². The number of carbonyl (C=O) groups is 1. The van der Waals surface area contributed by atoms with E-state index in [0.29, 0.717) is 23.9 Å². The van der Waals surface area contributed by atoms with E-state index >= 15 is 0 Å². The zero-order valence-electron chi connectivity index (χ0n) is 13.8. The lowest BCUT2D eigenvalue weighted by Crippen LogP contribution is -2.49. The lowest BCUT2D eigenvalue weighted by atomic mass is 10.0. The predicted octanol–water partition coefficient (Wildman–Crippen LogP) is 0.808. The molecule has 0 radical (unpaired) electrons. The van der Waals surface area contributed by atoms with Gasteiger partial charge in [0.1, 0.15) is 0 Å². The fraction of sp³-hybridized carbons (Fsp3) is 0.786. The number of likely N-dealkylation sites (tertiary alicyclic amines) is 1. The molecule has 0 atom stereocenters. The second-order valence-electron chi connectivity index (χ2n) is 6.12. The molecule has 2 amide bonds. The van der Waals surface area contributed by atoms with Gasteiger partial charge in [-0.2, -0.15) is 4.98 Å². The van der Waals surface area contributed by atoms with E-state index in [-0.39, 0.29) is 12.6 Å². The van der Waals surface area contributed by atoms with Crippen molar-refractivity contribution >= 4 is 12.0 Å². The van der Waals surface area contributed by atoms with Crippen LogP contribution in [0.4, 0.5) is 10.7 Å². The number of urea groups is 1. The first-order valence-electron chi connectivity index (χ1n) is 7.74. The third-order valence-electron chi connectivity index (χ3n) is 3.60. The average Bonchev–Trinajstić information content (AvgIpc) is 2.94. The van der Waals surface area contributed by atoms with Crippen LogP contribution in [0, 0.1) is 0 Å². The molecule has 0 unspecified atom stereocenters. The van der Waals surface area contributed by atoms with E-state index in [2.05, 4.69) is 34.6 Å². The Morgan fingerprint density at radius 1 is 1.41 bits per heavy atom. The number of hydrogen-bond acceptors (Lipinski definition) is 6. The molecule has 0 aliphatic carbocycles. The molecule has 1 aliphatic heterocycles. The second-order valence-corrected chi connectivity index (χ2v) is 6.12. The number of anilines is 1. The van der Waals surface area contributed by atoms with Gasteiger partial charge in [-0.1, -0.05) is 13.8 Å². The summed E-state index contributed by atoms with van der Waals surface area (Å²) in [7, 11) is 3.67. The van der Waals surface area contributed by atoms with Gasteiger partial charge in [-0.15, -0.1) is 0 Å². The fourth-order valence-electron chi connectivity index (χ4n) is 2.48. The van der Waals surface area contributed by atoms with Gasteiger partial charge in [0.15, 0.2) is 0 Å². The average molecular weight is 310 g/mol. The molecule has 1 aliphatic rings. The molecule has 1 aromatic heterocycles. The van der Waals surface area contributed by atoms with Crippen LogP contribution < -0.4 is 15.5 Å². The van der Waals surface area contributed by atoms with E-state index in [4.69, 9.17) is 4.52 Å². The Morgan fingerprint density at radius 3 is 2.64 bits per heavy atom. The maximum absolute atomic E-state index is 12.1. The highest BCUT2D eigenvalue weighted by molar-refractivity contribution is 5.74. The summed E-state index contributed by atoms with van der Waals surface area (Å²) in [4.78, 5) is 19.9. The van der Waals surface area contributed by atoms with Crippen LogP contribution >= 0.6 is 0 Å². The Labute approximate surface area is 131 Å². The van der Waals surface area contributed by atoms with Crippen LogP contribution in [0.3, 0.4) is 0 Å². The van der Waals surface area contributed by atoms with Crippen LogP contribution in [-0.4, -0.2) is 60.3 Å². The van der Waals surface area contributed by atoms with Crippen molar-refractivity contribution in [2.24, 2.45) is 0 Å². The molecule has 0 bridgehead atoms. The molecule has 0 saturated carbocycles. The number of aromatic nitrogens is 2. The normalized spacial score (nSPS) is 16.1. The van der Waals surface area contributed by atoms with E-state index in [1.165, 1.54) is 0 Å². The third-order valence-corrected chi connectivity index (χ3v) is 3.60. The quantitative estimate of drug-likeness (QED) is 0.837. The number of rotatable bonds is 5. The Balaban J connectivity index is 1.74. The van der Waals surface area contributed by atoms with Crippen LogP contribution in [0.2, 0.25) is 0 Å². The molecule has 22 heavy (non-hydrogen) atoms. The van der Waals surface area contributed by atoms with Crippen LogP contribution in [0.5, 0.6) is 0 Å². The van der Waals surface area contributed by atoms with Crippen molar-refractivity contribution in [2.45, 2.75) is 45.3 Å². The van der Waals surface area contributed by atoms with Crippen molar-refractivity contribution in [2.75, 3.05) is 32.1 Å². The van der Waals surface area contributed by atoms with Gasteiger partial charge >= 0.3 is 6.03 Å². The summed E-state index contributed by atoms with van der Waals surface area (Å²) in [6.07, 6.45) is 1.97. The van der Waals surface area contributed by atoms with E-state index < -0.39 is 0 Å². The molecule has 8 nitrogen and oxygen atoms in total. The number of piperidine rings is 1. The summed E-state index contributed by atoms with van der Waals surface area (Å²) in [6, 6.07) is 0.907. The van der Waals surface area contributed by atoms with Crippen LogP contribution in [0.25, 0.3) is 0 Å². The van der Waals surface area contributed by atoms with Crippen molar-refractivity contribution in [3.63, 3.8) is 0 Å². The van der Waals surface area contributed by atoms with Gasteiger partial charge < -0.3 is 25.0 Å². The standard InChI is InChI=1S/C14H26N6O2/c1-10(2)16-11-5-7-20(8-6-11)14(21)15-9-12-17-13(18-22-12)19(3)4/h10-11,16H,5-9H2,1-4H3,(H,15,21). The van der Waals surface area contributed by atoms with Crippen molar-refractivity contribution in [1.29, 1.82) is 0 Å². The Morgan fingerprint density at radius 2 is 2.09 bits per heavy atom. The first-order chi connectivity index (χ1) is 10.5. The Hall–Kier alpha value is -1.83. The van der Waals surface area contributed by atoms with Gasteiger partial charge in [0.25, 0.3) is 5.95 Å². The fourth-order valence-corrected chi connectivity index (χ4v) is 2.48. The first kappa shape index (κ1) is 16.5. The molecule has 0 aromatic carbocycles. The van der Waals surface area contributed by atoms with Crippen molar-refractivity contribution in [3.8, 4) is 0 Å². The minimum atomic E-state index is -0.0763. The van der Waals surface area contributed by atoms with E-state index in [1.807, 2.05) is 19.0 Å². The highest BCUT2D eigenvalue weighted by atomic mass is 16.5. The van der Waals surface area contributed by atoms with Crippen molar-refractivity contribution in [3.05, 3.63) is 5.89 Å².